The molecule has 0 atom stereocenters. The monoisotopic (exact) mass is 289 g/mol. The fourth-order valence-electron chi connectivity index (χ4n) is 2.36. The van der Waals surface area contributed by atoms with E-state index in [1.165, 1.54) is 21.9 Å². The number of halogens is 1. The molecule has 0 aliphatic carbocycles. The summed E-state index contributed by atoms with van der Waals surface area (Å²) in [6.45, 7) is 4.70. The molecule has 1 aliphatic heterocycles. The van der Waals surface area contributed by atoms with Crippen molar-refractivity contribution in [3.8, 4) is 6.07 Å². The molecule has 1 fully saturated rings. The van der Waals surface area contributed by atoms with E-state index in [4.69, 9.17) is 5.26 Å². The van der Waals surface area contributed by atoms with Gasteiger partial charge in [0.05, 0.1) is 11.6 Å². The van der Waals surface area contributed by atoms with Gasteiger partial charge in [-0.1, -0.05) is 0 Å². The molecule has 0 spiro atoms. The second kappa shape index (κ2) is 5.92. The Bertz CT molecular complexity index is 622. The highest BCUT2D eigenvalue weighted by Crippen LogP contribution is 2.15. The van der Waals surface area contributed by atoms with E-state index in [9.17, 15) is 14.0 Å². The summed E-state index contributed by atoms with van der Waals surface area (Å²) < 4.78 is 13.4. The minimum Gasteiger partial charge on any atom is -0.330 e. The summed E-state index contributed by atoms with van der Waals surface area (Å²) in [5, 5.41) is 8.82. The van der Waals surface area contributed by atoms with Crippen LogP contribution in [0.1, 0.15) is 25.0 Å². The normalized spacial score (nSPS) is 15.6. The Hall–Kier alpha value is -2.42. The highest BCUT2D eigenvalue weighted by atomic mass is 19.1. The van der Waals surface area contributed by atoms with Crippen molar-refractivity contribution in [3.63, 3.8) is 0 Å². The second-order valence-corrected chi connectivity index (χ2v) is 5.28. The van der Waals surface area contributed by atoms with E-state index < -0.39 is 17.6 Å². The zero-order valence-corrected chi connectivity index (χ0v) is 12.0. The summed E-state index contributed by atoms with van der Waals surface area (Å²) in [4.78, 5) is 26.9. The summed E-state index contributed by atoms with van der Waals surface area (Å²) in [5.41, 5.74) is 0.704. The molecule has 0 aromatic heterocycles. The van der Waals surface area contributed by atoms with Crippen LogP contribution >= 0.6 is 0 Å². The largest absolute Gasteiger partial charge is 0.330 e. The molecule has 0 saturated carbocycles. The molecule has 21 heavy (non-hydrogen) atoms. The predicted octanol–water partition coefficient (Wildman–Crippen LogP) is 1.28. The molecular weight excluding hydrogens is 273 g/mol. The standard InChI is InChI=1S/C15H16FN3O2/c1-10(2)19-4-3-18(14(20)15(19)21)9-12-5-11(8-17)6-13(16)7-12/h5-7,10H,3-4,9H2,1-2H3. The van der Waals surface area contributed by atoms with Crippen LogP contribution in [-0.4, -0.2) is 40.7 Å². The molecular formula is C15H16FN3O2. The number of nitriles is 1. The molecule has 2 amide bonds. The van der Waals surface area contributed by atoms with Crippen LogP contribution in [0.4, 0.5) is 4.39 Å². The molecule has 0 bridgehead atoms. The third kappa shape index (κ3) is 3.19. The lowest BCUT2D eigenvalue weighted by Gasteiger charge is -2.36. The fourth-order valence-corrected chi connectivity index (χ4v) is 2.36. The Morgan fingerprint density at radius 3 is 2.57 bits per heavy atom. The molecule has 6 heteroatoms. The van der Waals surface area contributed by atoms with Crippen LogP contribution in [0.15, 0.2) is 18.2 Å². The van der Waals surface area contributed by atoms with Gasteiger partial charge >= 0.3 is 11.8 Å². The first-order valence-electron chi connectivity index (χ1n) is 6.72. The SMILES string of the molecule is CC(C)N1CCN(Cc2cc(F)cc(C#N)c2)C(=O)C1=O. The zero-order chi connectivity index (χ0) is 15.6. The van der Waals surface area contributed by atoms with Gasteiger partial charge in [-0.25, -0.2) is 4.39 Å². The minimum atomic E-state index is -0.585. The van der Waals surface area contributed by atoms with E-state index in [0.29, 0.717) is 18.7 Å². The van der Waals surface area contributed by atoms with E-state index in [-0.39, 0.29) is 18.2 Å². The predicted molar refractivity (Wildman–Crippen MR) is 73.4 cm³/mol. The fraction of sp³-hybridized carbons (Fsp3) is 0.400. The van der Waals surface area contributed by atoms with E-state index in [0.717, 1.165) is 6.07 Å². The van der Waals surface area contributed by atoms with Crippen LogP contribution in [0, 0.1) is 17.1 Å². The van der Waals surface area contributed by atoms with Gasteiger partial charge in [-0.3, -0.25) is 9.59 Å². The third-order valence-electron chi connectivity index (χ3n) is 3.43. The molecule has 1 saturated heterocycles. The molecule has 0 radical (unpaired) electrons. The van der Waals surface area contributed by atoms with Crippen molar-refractivity contribution < 1.29 is 14.0 Å². The van der Waals surface area contributed by atoms with Gasteiger partial charge in [-0.15, -0.1) is 0 Å². The highest BCUT2D eigenvalue weighted by Gasteiger charge is 2.33. The van der Waals surface area contributed by atoms with E-state index in [1.54, 1.807) is 0 Å². The smallest absolute Gasteiger partial charge is 0.312 e. The topological polar surface area (TPSA) is 64.4 Å². The van der Waals surface area contributed by atoms with Crippen molar-refractivity contribution in [1.82, 2.24) is 9.80 Å². The number of piperazine rings is 1. The van der Waals surface area contributed by atoms with Crippen molar-refractivity contribution in [3.05, 3.63) is 35.1 Å². The van der Waals surface area contributed by atoms with Crippen molar-refractivity contribution in [1.29, 1.82) is 5.26 Å². The van der Waals surface area contributed by atoms with Crippen LogP contribution in [0.2, 0.25) is 0 Å². The molecule has 0 unspecified atom stereocenters. The zero-order valence-electron chi connectivity index (χ0n) is 12.0. The highest BCUT2D eigenvalue weighted by molar-refractivity contribution is 6.35. The number of benzene rings is 1. The van der Waals surface area contributed by atoms with Crippen LogP contribution in [0.25, 0.3) is 0 Å². The Kier molecular flexibility index (Phi) is 4.22. The van der Waals surface area contributed by atoms with Crippen molar-refractivity contribution in [2.24, 2.45) is 0 Å². The van der Waals surface area contributed by atoms with Gasteiger partial charge in [0.15, 0.2) is 0 Å². The number of rotatable bonds is 3. The molecule has 0 N–H and O–H groups in total. The Labute approximate surface area is 122 Å². The average molecular weight is 289 g/mol. The first-order chi connectivity index (χ1) is 9.92. The number of hydrogen-bond donors (Lipinski definition) is 0. The minimum absolute atomic E-state index is 0.0250. The van der Waals surface area contributed by atoms with Gasteiger partial charge in [0, 0.05) is 25.7 Å². The molecule has 110 valence electrons. The quantitative estimate of drug-likeness (QED) is 0.787. The second-order valence-electron chi connectivity index (χ2n) is 5.28. The maximum absolute atomic E-state index is 13.4. The van der Waals surface area contributed by atoms with Crippen molar-refractivity contribution in [2.45, 2.75) is 26.4 Å². The summed E-state index contributed by atoms with van der Waals surface area (Å²) in [6.07, 6.45) is 0. The molecule has 1 aliphatic rings. The average Bonchev–Trinajstić information content (AvgIpc) is 2.43. The van der Waals surface area contributed by atoms with E-state index in [2.05, 4.69) is 0 Å². The molecule has 1 aromatic carbocycles. The molecule has 1 aromatic rings. The number of carbonyl (C=O) groups excluding carboxylic acids is 2. The maximum Gasteiger partial charge on any atom is 0.312 e. The van der Waals surface area contributed by atoms with Crippen LogP contribution in [-0.2, 0) is 16.1 Å². The van der Waals surface area contributed by atoms with Gasteiger partial charge in [0.2, 0.25) is 0 Å². The first kappa shape index (κ1) is 15.0. The summed E-state index contributed by atoms with van der Waals surface area (Å²) in [6, 6.07) is 5.77. The number of hydrogen-bond acceptors (Lipinski definition) is 3. The van der Waals surface area contributed by atoms with Gasteiger partial charge < -0.3 is 9.80 Å². The molecule has 5 nitrogen and oxygen atoms in total. The van der Waals surface area contributed by atoms with Gasteiger partial charge in [-0.2, -0.15) is 5.26 Å². The van der Waals surface area contributed by atoms with Crippen LogP contribution in [0.5, 0.6) is 0 Å². The number of amides is 2. The molecule has 1 heterocycles. The lowest BCUT2D eigenvalue weighted by Crippen LogP contribution is -2.55. The van der Waals surface area contributed by atoms with Gasteiger partial charge in [-0.05, 0) is 37.6 Å². The van der Waals surface area contributed by atoms with Crippen molar-refractivity contribution >= 4 is 11.8 Å². The summed E-state index contributed by atoms with van der Waals surface area (Å²) in [7, 11) is 0. The van der Waals surface area contributed by atoms with E-state index >= 15 is 0 Å². The van der Waals surface area contributed by atoms with Gasteiger partial charge in [0.1, 0.15) is 5.82 Å². The van der Waals surface area contributed by atoms with Crippen LogP contribution < -0.4 is 0 Å². The number of nitrogens with zero attached hydrogens (tertiary/aromatic N) is 3. The third-order valence-corrected chi connectivity index (χ3v) is 3.43. The Morgan fingerprint density at radius 1 is 1.24 bits per heavy atom. The lowest BCUT2D eigenvalue weighted by molar-refractivity contribution is -0.157. The Balaban J connectivity index is 2.15. The number of carbonyl (C=O) groups is 2. The van der Waals surface area contributed by atoms with Crippen LogP contribution in [0.3, 0.4) is 0 Å². The maximum atomic E-state index is 13.4. The van der Waals surface area contributed by atoms with Gasteiger partial charge in [0.25, 0.3) is 0 Å². The van der Waals surface area contributed by atoms with Crippen molar-refractivity contribution in [2.75, 3.05) is 13.1 Å². The summed E-state index contributed by atoms with van der Waals surface area (Å²) in [5.74, 6) is -1.64. The first-order valence-corrected chi connectivity index (χ1v) is 6.72. The van der Waals surface area contributed by atoms with E-state index in [1.807, 2.05) is 19.9 Å². The molecule has 2 rings (SSSR count). The lowest BCUT2D eigenvalue weighted by atomic mass is 10.1. The summed E-state index contributed by atoms with van der Waals surface area (Å²) >= 11 is 0. The Morgan fingerprint density at radius 2 is 1.95 bits per heavy atom.